The summed E-state index contributed by atoms with van der Waals surface area (Å²) in [7, 11) is 1.65. The lowest BCUT2D eigenvalue weighted by Gasteiger charge is -2.02. The van der Waals surface area contributed by atoms with Crippen molar-refractivity contribution in [1.29, 1.82) is 0 Å². The van der Waals surface area contributed by atoms with E-state index in [-0.39, 0.29) is 11.8 Å². The number of ether oxygens (including phenoxy) is 1. The highest BCUT2D eigenvalue weighted by atomic mass is 32.1. The molecule has 1 aliphatic carbocycles. The summed E-state index contributed by atoms with van der Waals surface area (Å²) in [5.74, 6) is 1.26. The van der Waals surface area contributed by atoms with Crippen molar-refractivity contribution in [3.05, 3.63) is 65.0 Å². The van der Waals surface area contributed by atoms with Gasteiger partial charge in [-0.1, -0.05) is 30.3 Å². The number of hydrogen-bond acceptors (Lipinski definition) is 4. The highest BCUT2D eigenvalue weighted by Crippen LogP contribution is 2.48. The molecule has 3 aromatic rings. The van der Waals surface area contributed by atoms with Crippen molar-refractivity contribution in [3.8, 4) is 17.0 Å². The van der Waals surface area contributed by atoms with E-state index in [4.69, 9.17) is 4.74 Å². The van der Waals surface area contributed by atoms with Crippen LogP contribution in [0.1, 0.15) is 22.8 Å². The average Bonchev–Trinajstić information content (AvgIpc) is 3.40. The summed E-state index contributed by atoms with van der Waals surface area (Å²) < 4.78 is 5.20. The molecule has 0 bridgehead atoms. The molecular formula is C21H20N2O2S. The molecule has 4 rings (SSSR count). The lowest BCUT2D eigenvalue weighted by molar-refractivity contribution is -0.117. The van der Waals surface area contributed by atoms with Crippen LogP contribution in [0, 0.1) is 12.8 Å². The Bertz CT molecular complexity index is 919. The van der Waals surface area contributed by atoms with Gasteiger partial charge in [0.1, 0.15) is 5.75 Å². The van der Waals surface area contributed by atoms with E-state index in [0.29, 0.717) is 11.0 Å². The van der Waals surface area contributed by atoms with Crippen LogP contribution in [0.4, 0.5) is 5.13 Å². The summed E-state index contributed by atoms with van der Waals surface area (Å²) in [4.78, 5) is 18.3. The number of aromatic nitrogens is 1. The van der Waals surface area contributed by atoms with Crippen LogP contribution in [-0.4, -0.2) is 18.0 Å². The second kappa shape index (κ2) is 6.92. The minimum Gasteiger partial charge on any atom is -0.497 e. The van der Waals surface area contributed by atoms with E-state index < -0.39 is 0 Å². The largest absolute Gasteiger partial charge is 0.497 e. The fraction of sp³-hybridized carbons (Fsp3) is 0.238. The predicted octanol–water partition coefficient (Wildman–Crippen LogP) is 4.87. The smallest absolute Gasteiger partial charge is 0.229 e. The molecule has 2 aromatic carbocycles. The first kappa shape index (κ1) is 16.8. The summed E-state index contributed by atoms with van der Waals surface area (Å²) >= 11 is 1.52. The number of nitrogens with zero attached hydrogens (tertiary/aromatic N) is 1. The quantitative estimate of drug-likeness (QED) is 0.703. The predicted molar refractivity (Wildman–Crippen MR) is 105 cm³/mol. The summed E-state index contributed by atoms with van der Waals surface area (Å²) in [5.41, 5.74) is 3.17. The molecule has 0 saturated heterocycles. The molecule has 4 nitrogen and oxygen atoms in total. The van der Waals surface area contributed by atoms with Crippen molar-refractivity contribution in [2.75, 3.05) is 12.4 Å². The van der Waals surface area contributed by atoms with Gasteiger partial charge in [0.05, 0.1) is 12.8 Å². The number of amides is 1. The molecule has 0 radical (unpaired) electrons. The number of benzene rings is 2. The normalized spacial score (nSPS) is 18.4. The monoisotopic (exact) mass is 364 g/mol. The Morgan fingerprint density at radius 2 is 1.88 bits per heavy atom. The van der Waals surface area contributed by atoms with E-state index >= 15 is 0 Å². The Labute approximate surface area is 156 Å². The van der Waals surface area contributed by atoms with Gasteiger partial charge in [0, 0.05) is 16.4 Å². The Hall–Kier alpha value is -2.66. The van der Waals surface area contributed by atoms with Gasteiger partial charge in [-0.25, -0.2) is 4.98 Å². The third-order valence-corrected chi connectivity index (χ3v) is 5.63. The number of carbonyl (C=O) groups is 1. The third kappa shape index (κ3) is 3.35. The number of carbonyl (C=O) groups excluding carboxylic acids is 1. The number of nitrogens with one attached hydrogen (secondary N) is 1. The van der Waals surface area contributed by atoms with E-state index in [1.54, 1.807) is 7.11 Å². The number of methoxy groups -OCH3 is 1. The van der Waals surface area contributed by atoms with Gasteiger partial charge < -0.3 is 10.1 Å². The molecule has 1 aromatic heterocycles. The molecule has 1 amide bonds. The van der Waals surface area contributed by atoms with Crippen molar-refractivity contribution in [3.63, 3.8) is 0 Å². The van der Waals surface area contributed by atoms with E-state index in [9.17, 15) is 4.79 Å². The van der Waals surface area contributed by atoms with E-state index in [2.05, 4.69) is 22.4 Å². The van der Waals surface area contributed by atoms with Gasteiger partial charge in [0.2, 0.25) is 5.91 Å². The average molecular weight is 364 g/mol. The Kier molecular flexibility index (Phi) is 4.47. The zero-order valence-electron chi connectivity index (χ0n) is 14.7. The zero-order chi connectivity index (χ0) is 18.1. The topological polar surface area (TPSA) is 51.2 Å². The Morgan fingerprint density at radius 1 is 1.15 bits per heavy atom. The molecule has 132 valence electrons. The van der Waals surface area contributed by atoms with Crippen LogP contribution in [0.15, 0.2) is 54.6 Å². The van der Waals surface area contributed by atoms with Crippen LogP contribution in [0.3, 0.4) is 0 Å². The molecule has 5 heteroatoms. The molecule has 0 unspecified atom stereocenters. The molecule has 1 N–H and O–H groups in total. The maximum absolute atomic E-state index is 12.5. The fourth-order valence-electron chi connectivity index (χ4n) is 3.22. The van der Waals surface area contributed by atoms with Gasteiger partial charge in [-0.15, -0.1) is 11.3 Å². The molecule has 1 aliphatic rings. The van der Waals surface area contributed by atoms with E-state index in [1.165, 1.54) is 16.9 Å². The molecule has 1 fully saturated rings. The van der Waals surface area contributed by atoms with Crippen molar-refractivity contribution >= 4 is 22.4 Å². The zero-order valence-corrected chi connectivity index (χ0v) is 15.5. The summed E-state index contributed by atoms with van der Waals surface area (Å²) in [6, 6.07) is 18.0. The molecule has 26 heavy (non-hydrogen) atoms. The second-order valence-electron chi connectivity index (χ2n) is 6.50. The van der Waals surface area contributed by atoms with Crippen molar-refractivity contribution in [2.45, 2.75) is 19.3 Å². The maximum Gasteiger partial charge on any atom is 0.229 e. The first-order chi connectivity index (χ1) is 12.7. The van der Waals surface area contributed by atoms with E-state index in [0.717, 1.165) is 28.3 Å². The van der Waals surface area contributed by atoms with Gasteiger partial charge in [0.15, 0.2) is 5.13 Å². The van der Waals surface area contributed by atoms with Crippen LogP contribution < -0.4 is 10.1 Å². The summed E-state index contributed by atoms with van der Waals surface area (Å²) in [6.07, 6.45) is 0.908. The Morgan fingerprint density at radius 3 is 2.58 bits per heavy atom. The molecular weight excluding hydrogens is 344 g/mol. The first-order valence-electron chi connectivity index (χ1n) is 8.63. The van der Waals surface area contributed by atoms with Crippen molar-refractivity contribution in [1.82, 2.24) is 4.98 Å². The van der Waals surface area contributed by atoms with E-state index in [1.807, 2.05) is 49.4 Å². The lowest BCUT2D eigenvalue weighted by Crippen LogP contribution is -2.14. The highest BCUT2D eigenvalue weighted by molar-refractivity contribution is 7.16. The van der Waals surface area contributed by atoms with Crippen LogP contribution in [0.2, 0.25) is 0 Å². The van der Waals surface area contributed by atoms with Gasteiger partial charge in [-0.05, 0) is 49.1 Å². The molecule has 1 saturated carbocycles. The molecule has 2 atom stereocenters. The summed E-state index contributed by atoms with van der Waals surface area (Å²) in [5, 5.41) is 3.66. The summed E-state index contributed by atoms with van der Waals surface area (Å²) in [6.45, 7) is 2.02. The van der Waals surface area contributed by atoms with Gasteiger partial charge in [-0.2, -0.15) is 0 Å². The van der Waals surface area contributed by atoms with Crippen LogP contribution in [-0.2, 0) is 4.79 Å². The number of thiazole rings is 1. The van der Waals surface area contributed by atoms with Crippen molar-refractivity contribution < 1.29 is 9.53 Å². The minimum absolute atomic E-state index is 0.0473. The number of hydrogen-bond donors (Lipinski definition) is 1. The first-order valence-corrected chi connectivity index (χ1v) is 9.45. The molecule has 0 spiro atoms. The van der Waals surface area contributed by atoms with Crippen LogP contribution in [0.5, 0.6) is 5.75 Å². The molecule has 0 aliphatic heterocycles. The SMILES string of the molecule is COc1ccc(-c2nc(NC(=O)[C@@H]3C[C@H]3c3ccccc3)sc2C)cc1. The molecule has 1 heterocycles. The third-order valence-electron chi connectivity index (χ3n) is 4.75. The Balaban J connectivity index is 1.45. The lowest BCUT2D eigenvalue weighted by atomic mass is 10.1. The number of rotatable bonds is 5. The van der Waals surface area contributed by atoms with Crippen molar-refractivity contribution in [2.24, 2.45) is 5.92 Å². The van der Waals surface area contributed by atoms with Crippen LogP contribution >= 0.6 is 11.3 Å². The fourth-order valence-corrected chi connectivity index (χ4v) is 4.06. The highest BCUT2D eigenvalue weighted by Gasteiger charge is 2.44. The maximum atomic E-state index is 12.5. The minimum atomic E-state index is 0.0473. The van der Waals surface area contributed by atoms with Gasteiger partial charge in [-0.3, -0.25) is 4.79 Å². The van der Waals surface area contributed by atoms with Gasteiger partial charge in [0.25, 0.3) is 0 Å². The van der Waals surface area contributed by atoms with Crippen LogP contribution in [0.25, 0.3) is 11.3 Å². The number of anilines is 1. The second-order valence-corrected chi connectivity index (χ2v) is 7.70. The standard InChI is InChI=1S/C21H20N2O2S/c1-13-19(15-8-10-16(25-2)11-9-15)22-21(26-13)23-20(24)18-12-17(18)14-6-4-3-5-7-14/h3-11,17-18H,12H2,1-2H3,(H,22,23,24)/t17-,18+/m0/s1. The number of aryl methyl sites for hydroxylation is 1. The van der Waals surface area contributed by atoms with Gasteiger partial charge >= 0.3 is 0 Å².